The molecule has 0 bridgehead atoms. The fraction of sp³-hybridized carbons (Fsp3) is 0.375. The maximum absolute atomic E-state index is 14.4. The summed E-state index contributed by atoms with van der Waals surface area (Å²) in [5, 5.41) is 3.12. The molecule has 1 spiro atoms. The quantitative estimate of drug-likeness (QED) is 0.509. The summed E-state index contributed by atoms with van der Waals surface area (Å²) < 4.78 is 20.4. The lowest BCUT2D eigenvalue weighted by molar-refractivity contribution is 0.0658. The van der Waals surface area contributed by atoms with Gasteiger partial charge in [0.05, 0.1) is 11.9 Å². The summed E-state index contributed by atoms with van der Waals surface area (Å²) in [5.41, 5.74) is 11.7. The predicted molar refractivity (Wildman–Crippen MR) is 121 cm³/mol. The smallest absolute Gasteiger partial charge is 0.324 e. The number of nitrogens with one attached hydrogen (secondary N) is 1. The number of aromatic nitrogens is 3. The normalized spacial score (nSPS) is 18.1. The molecule has 1 aliphatic heterocycles. The molecule has 2 aliphatic carbocycles. The second-order valence-corrected chi connectivity index (χ2v) is 9.32. The van der Waals surface area contributed by atoms with E-state index < -0.39 is 0 Å². The number of nitrogens with zero attached hydrogens (tertiary/aromatic N) is 4. The van der Waals surface area contributed by atoms with Crippen LogP contribution in [0, 0.1) is 18.2 Å². The molecule has 0 amide bonds. The first-order chi connectivity index (χ1) is 15.4. The molecule has 0 unspecified atom stereocenters. The Kier molecular flexibility index (Phi) is 4.17. The number of benzene rings is 1. The van der Waals surface area contributed by atoms with Crippen LogP contribution in [0.15, 0.2) is 30.5 Å². The van der Waals surface area contributed by atoms with E-state index in [-0.39, 0.29) is 11.8 Å². The largest absolute Gasteiger partial charge is 0.423 e. The molecule has 164 valence electrons. The minimum atomic E-state index is -0.275. The lowest BCUT2D eigenvalue weighted by Crippen LogP contribution is -2.65. The van der Waals surface area contributed by atoms with Crippen molar-refractivity contribution in [2.75, 3.05) is 30.4 Å². The minimum Gasteiger partial charge on any atom is -0.423 e. The summed E-state index contributed by atoms with van der Waals surface area (Å²) >= 11 is 0. The van der Waals surface area contributed by atoms with Gasteiger partial charge in [0, 0.05) is 55.0 Å². The van der Waals surface area contributed by atoms with Gasteiger partial charge in [-0.3, -0.25) is 4.98 Å². The molecule has 8 heteroatoms. The zero-order valence-corrected chi connectivity index (χ0v) is 18.2. The number of pyridine rings is 1. The number of fused-ring (bicyclic) bond motifs is 3. The highest BCUT2D eigenvalue weighted by Gasteiger charge is 2.52. The number of hydrogen-bond donors (Lipinski definition) is 2. The molecule has 1 saturated carbocycles. The number of anilines is 2. The molecule has 0 atom stereocenters. The molecule has 2 aromatic heterocycles. The maximum Gasteiger partial charge on any atom is 0.324 e. The van der Waals surface area contributed by atoms with Crippen molar-refractivity contribution in [2.45, 2.75) is 32.2 Å². The molecular formula is C24H25FN6O. The highest BCUT2D eigenvalue weighted by molar-refractivity contribution is 5.88. The summed E-state index contributed by atoms with van der Waals surface area (Å²) in [7, 11) is 1.81. The Labute approximate surface area is 185 Å². The topological polar surface area (TPSA) is 89.2 Å². The molecule has 2 fully saturated rings. The number of halogens is 1. The average molecular weight is 433 g/mol. The third-order valence-electron chi connectivity index (χ3n) is 6.88. The van der Waals surface area contributed by atoms with Crippen molar-refractivity contribution in [1.29, 1.82) is 0 Å². The van der Waals surface area contributed by atoms with Crippen molar-refractivity contribution in [2.24, 2.45) is 11.1 Å². The SMILES string of the molecule is CNc1cc(F)cc2c1Cc1nc(Oc3ccc(C)nc3)nc(N3CC4(CC(N)C4)C3)c1-2. The molecule has 3 aromatic rings. The first-order valence-electron chi connectivity index (χ1n) is 11.0. The van der Waals surface area contributed by atoms with Crippen LogP contribution >= 0.6 is 0 Å². The lowest BCUT2D eigenvalue weighted by atomic mass is 9.61. The van der Waals surface area contributed by atoms with Gasteiger partial charge in [-0.1, -0.05) is 0 Å². The fourth-order valence-electron chi connectivity index (χ4n) is 5.43. The summed E-state index contributed by atoms with van der Waals surface area (Å²) in [4.78, 5) is 16.1. The third kappa shape index (κ3) is 3.01. The van der Waals surface area contributed by atoms with Gasteiger partial charge >= 0.3 is 6.01 Å². The summed E-state index contributed by atoms with van der Waals surface area (Å²) in [6, 6.07) is 7.45. The van der Waals surface area contributed by atoms with Crippen LogP contribution in [0.3, 0.4) is 0 Å². The van der Waals surface area contributed by atoms with Crippen molar-refractivity contribution in [3.63, 3.8) is 0 Å². The van der Waals surface area contributed by atoms with Crippen LogP contribution in [0.4, 0.5) is 15.9 Å². The Morgan fingerprint density at radius 2 is 2.03 bits per heavy atom. The van der Waals surface area contributed by atoms with Gasteiger partial charge in [0.15, 0.2) is 0 Å². The Balaban J connectivity index is 1.42. The second kappa shape index (κ2) is 6.87. The summed E-state index contributed by atoms with van der Waals surface area (Å²) in [6.45, 7) is 3.73. The molecule has 1 saturated heterocycles. The van der Waals surface area contributed by atoms with E-state index >= 15 is 0 Å². The van der Waals surface area contributed by atoms with Gasteiger partial charge in [0.25, 0.3) is 0 Å². The minimum absolute atomic E-state index is 0.275. The Morgan fingerprint density at radius 1 is 1.22 bits per heavy atom. The van der Waals surface area contributed by atoms with E-state index in [0.717, 1.165) is 65.5 Å². The number of hydrogen-bond acceptors (Lipinski definition) is 7. The van der Waals surface area contributed by atoms with Crippen LogP contribution < -0.4 is 20.7 Å². The standard InChI is InChI=1S/C24H25FN6O/c1-13-3-4-16(10-28-13)32-23-29-20-7-17-18(5-14(25)6-19(17)27-2)21(20)22(30-23)31-11-24(12-31)8-15(26)9-24/h3-6,10,15,27H,7-9,11-12,26H2,1-2H3. The molecular weight excluding hydrogens is 407 g/mol. The Hall–Kier alpha value is -3.26. The van der Waals surface area contributed by atoms with Crippen LogP contribution in [0.25, 0.3) is 11.1 Å². The predicted octanol–water partition coefficient (Wildman–Crippen LogP) is 3.65. The van der Waals surface area contributed by atoms with E-state index in [4.69, 9.17) is 20.4 Å². The van der Waals surface area contributed by atoms with Crippen LogP contribution in [-0.4, -0.2) is 41.1 Å². The molecule has 1 aromatic carbocycles. The Morgan fingerprint density at radius 3 is 2.72 bits per heavy atom. The molecule has 3 heterocycles. The van der Waals surface area contributed by atoms with Gasteiger partial charge in [-0.15, -0.1) is 0 Å². The van der Waals surface area contributed by atoms with Gasteiger partial charge in [-0.05, 0) is 55.2 Å². The van der Waals surface area contributed by atoms with E-state index in [1.165, 1.54) is 6.07 Å². The van der Waals surface area contributed by atoms with Crippen LogP contribution in [0.2, 0.25) is 0 Å². The van der Waals surface area contributed by atoms with Crippen molar-refractivity contribution < 1.29 is 9.13 Å². The van der Waals surface area contributed by atoms with Gasteiger partial charge < -0.3 is 20.7 Å². The highest BCUT2D eigenvalue weighted by atomic mass is 19.1. The van der Waals surface area contributed by atoms with E-state index in [2.05, 4.69) is 15.2 Å². The number of rotatable bonds is 4. The van der Waals surface area contributed by atoms with Gasteiger partial charge in [-0.25, -0.2) is 4.39 Å². The van der Waals surface area contributed by atoms with Crippen molar-refractivity contribution in [1.82, 2.24) is 15.0 Å². The molecule has 3 aliphatic rings. The number of ether oxygens (including phenoxy) is 1. The molecule has 3 N–H and O–H groups in total. The monoisotopic (exact) mass is 432 g/mol. The molecule has 0 radical (unpaired) electrons. The van der Waals surface area contributed by atoms with Crippen molar-refractivity contribution in [3.8, 4) is 22.9 Å². The second-order valence-electron chi connectivity index (χ2n) is 9.32. The van der Waals surface area contributed by atoms with Gasteiger partial charge in [0.2, 0.25) is 0 Å². The van der Waals surface area contributed by atoms with E-state index in [0.29, 0.717) is 23.6 Å². The highest BCUT2D eigenvalue weighted by Crippen LogP contribution is 2.52. The fourth-order valence-corrected chi connectivity index (χ4v) is 5.43. The summed E-state index contributed by atoms with van der Waals surface area (Å²) in [5.74, 6) is 1.12. The first kappa shape index (κ1) is 19.4. The maximum atomic E-state index is 14.4. The van der Waals surface area contributed by atoms with E-state index in [1.54, 1.807) is 12.3 Å². The Bertz CT molecular complexity index is 1210. The van der Waals surface area contributed by atoms with E-state index in [1.807, 2.05) is 26.1 Å². The molecule has 32 heavy (non-hydrogen) atoms. The van der Waals surface area contributed by atoms with Gasteiger partial charge in [0.1, 0.15) is 17.4 Å². The first-order valence-corrected chi connectivity index (χ1v) is 11.0. The lowest BCUT2D eigenvalue weighted by Gasteiger charge is -2.59. The zero-order chi connectivity index (χ0) is 22.0. The van der Waals surface area contributed by atoms with Crippen molar-refractivity contribution in [3.05, 3.63) is 53.2 Å². The van der Waals surface area contributed by atoms with Crippen molar-refractivity contribution >= 4 is 11.5 Å². The summed E-state index contributed by atoms with van der Waals surface area (Å²) in [6.07, 6.45) is 4.36. The van der Waals surface area contributed by atoms with Crippen LogP contribution in [0.5, 0.6) is 11.8 Å². The van der Waals surface area contributed by atoms with Gasteiger partial charge in [-0.2, -0.15) is 9.97 Å². The average Bonchev–Trinajstić information content (AvgIpc) is 3.08. The molecule has 7 nitrogen and oxygen atoms in total. The third-order valence-corrected chi connectivity index (χ3v) is 6.88. The molecule has 6 rings (SSSR count). The number of nitrogens with two attached hydrogens (primary N) is 1. The van der Waals surface area contributed by atoms with E-state index in [9.17, 15) is 4.39 Å². The number of aryl methyl sites for hydroxylation is 1. The zero-order valence-electron chi connectivity index (χ0n) is 18.2. The van der Waals surface area contributed by atoms with Crippen LogP contribution in [-0.2, 0) is 6.42 Å². The van der Waals surface area contributed by atoms with Crippen LogP contribution in [0.1, 0.15) is 29.8 Å².